The van der Waals surface area contributed by atoms with Crippen molar-refractivity contribution in [2.45, 2.75) is 45.2 Å². The van der Waals surface area contributed by atoms with Gasteiger partial charge in [0.15, 0.2) is 0 Å². The number of carbonyl (C=O) groups is 1. The summed E-state index contributed by atoms with van der Waals surface area (Å²) in [6.45, 7) is 3.39. The number of hydrogen-bond donors (Lipinski definition) is 1. The highest BCUT2D eigenvalue weighted by atomic mass is 19.4. The lowest BCUT2D eigenvalue weighted by atomic mass is 9.75. The number of halogens is 3. The van der Waals surface area contributed by atoms with Crippen LogP contribution in [0.1, 0.15) is 53.7 Å². The number of pyridine rings is 1. The van der Waals surface area contributed by atoms with E-state index in [0.29, 0.717) is 28.8 Å². The lowest BCUT2D eigenvalue weighted by molar-refractivity contribution is -0.137. The highest BCUT2D eigenvalue weighted by molar-refractivity contribution is 6.06. The molecule has 2 aromatic rings. The molecule has 2 fully saturated rings. The molecule has 1 aromatic carbocycles. The number of aromatic nitrogens is 1. The number of fused-ring (bicyclic) bond motifs is 1. The van der Waals surface area contributed by atoms with E-state index in [-0.39, 0.29) is 5.69 Å². The van der Waals surface area contributed by atoms with Gasteiger partial charge in [0.1, 0.15) is 0 Å². The first-order valence-electron chi connectivity index (χ1n) is 10.5. The van der Waals surface area contributed by atoms with Gasteiger partial charge < -0.3 is 10.2 Å². The Labute approximate surface area is 174 Å². The minimum atomic E-state index is -4.47. The van der Waals surface area contributed by atoms with Crippen molar-refractivity contribution < 1.29 is 18.0 Å². The average molecular weight is 417 g/mol. The number of nitrogens with one attached hydrogen (secondary N) is 1. The van der Waals surface area contributed by atoms with Gasteiger partial charge in [-0.1, -0.05) is 19.3 Å². The Kier molecular flexibility index (Phi) is 5.71. The van der Waals surface area contributed by atoms with Gasteiger partial charge in [0.05, 0.1) is 16.9 Å². The molecule has 30 heavy (non-hydrogen) atoms. The maximum absolute atomic E-state index is 13.3. The van der Waals surface area contributed by atoms with Crippen molar-refractivity contribution in [2.75, 3.05) is 23.3 Å². The normalized spacial score (nSPS) is 21.8. The van der Waals surface area contributed by atoms with E-state index in [1.54, 1.807) is 19.1 Å². The highest BCUT2D eigenvalue weighted by Gasteiger charge is 2.34. The predicted molar refractivity (Wildman–Crippen MR) is 111 cm³/mol. The fraction of sp³-hybridized carbons (Fsp3) is 0.478. The summed E-state index contributed by atoms with van der Waals surface area (Å²) in [5.74, 6) is 0.845. The summed E-state index contributed by atoms with van der Waals surface area (Å²) in [6, 6.07) is 6.83. The second kappa shape index (κ2) is 8.28. The molecule has 4 nitrogen and oxygen atoms in total. The molecule has 4 rings (SSSR count). The molecule has 2 atom stereocenters. The molecule has 1 aliphatic carbocycles. The molecule has 2 aliphatic rings. The molecule has 160 valence electrons. The third kappa shape index (κ3) is 4.45. The second-order valence-electron chi connectivity index (χ2n) is 8.41. The van der Waals surface area contributed by atoms with Crippen LogP contribution in [0.15, 0.2) is 36.5 Å². The van der Waals surface area contributed by atoms with Crippen molar-refractivity contribution in [1.82, 2.24) is 4.98 Å². The van der Waals surface area contributed by atoms with Gasteiger partial charge in [-0.2, -0.15) is 13.2 Å². The molecule has 0 spiro atoms. The van der Waals surface area contributed by atoms with Crippen molar-refractivity contribution in [1.29, 1.82) is 0 Å². The van der Waals surface area contributed by atoms with Crippen LogP contribution in [-0.4, -0.2) is 24.0 Å². The molecule has 2 heterocycles. The first-order valence-corrected chi connectivity index (χ1v) is 10.5. The summed E-state index contributed by atoms with van der Waals surface area (Å²) < 4.78 is 40.0. The Bertz CT molecular complexity index is 928. The van der Waals surface area contributed by atoms with E-state index >= 15 is 0 Å². The van der Waals surface area contributed by atoms with E-state index in [4.69, 9.17) is 0 Å². The lowest BCUT2D eigenvalue weighted by Gasteiger charge is -2.42. The van der Waals surface area contributed by atoms with Crippen molar-refractivity contribution >= 4 is 17.3 Å². The summed E-state index contributed by atoms with van der Waals surface area (Å²) in [7, 11) is 0. The van der Waals surface area contributed by atoms with Crippen LogP contribution in [0.2, 0.25) is 0 Å². The van der Waals surface area contributed by atoms with Crippen molar-refractivity contribution in [3.8, 4) is 0 Å². The van der Waals surface area contributed by atoms with Crippen LogP contribution in [0, 0.1) is 18.8 Å². The fourth-order valence-electron chi connectivity index (χ4n) is 4.79. The zero-order chi connectivity index (χ0) is 21.3. The third-order valence-corrected chi connectivity index (χ3v) is 6.36. The van der Waals surface area contributed by atoms with Crippen LogP contribution < -0.4 is 10.2 Å². The van der Waals surface area contributed by atoms with Crippen LogP contribution in [0.4, 0.5) is 24.5 Å². The summed E-state index contributed by atoms with van der Waals surface area (Å²) in [6.07, 6.45) is 2.99. The van der Waals surface area contributed by atoms with Gasteiger partial charge in [0.25, 0.3) is 5.91 Å². The summed E-state index contributed by atoms with van der Waals surface area (Å²) in [5, 5.41) is 2.73. The molecular weight excluding hydrogens is 391 g/mol. The van der Waals surface area contributed by atoms with Gasteiger partial charge in [-0.05, 0) is 61.9 Å². The highest BCUT2D eigenvalue weighted by Crippen LogP contribution is 2.41. The van der Waals surface area contributed by atoms with Gasteiger partial charge in [0, 0.05) is 30.5 Å². The molecule has 0 radical (unpaired) electrons. The Morgan fingerprint density at radius 2 is 1.87 bits per heavy atom. The molecule has 1 saturated carbocycles. The van der Waals surface area contributed by atoms with Gasteiger partial charge in [-0.15, -0.1) is 0 Å². The quantitative estimate of drug-likeness (QED) is 0.699. The number of piperidine rings is 1. The monoisotopic (exact) mass is 417 g/mol. The van der Waals surface area contributed by atoms with Crippen molar-refractivity contribution in [3.63, 3.8) is 0 Å². The number of rotatable bonds is 3. The number of nitrogens with zero attached hydrogens (tertiary/aromatic N) is 2. The van der Waals surface area contributed by atoms with Gasteiger partial charge >= 0.3 is 6.18 Å². The fourth-order valence-corrected chi connectivity index (χ4v) is 4.79. The summed E-state index contributed by atoms with van der Waals surface area (Å²) >= 11 is 0. The number of alkyl halides is 3. The molecule has 0 bridgehead atoms. The Balaban J connectivity index is 1.63. The largest absolute Gasteiger partial charge is 0.416 e. The van der Waals surface area contributed by atoms with E-state index in [1.165, 1.54) is 37.9 Å². The maximum atomic E-state index is 13.3. The minimum absolute atomic E-state index is 0.207. The van der Waals surface area contributed by atoms with E-state index in [9.17, 15) is 18.0 Å². The number of hydrogen-bond acceptors (Lipinski definition) is 3. The molecule has 1 aliphatic heterocycles. The van der Waals surface area contributed by atoms with Crippen LogP contribution in [0.3, 0.4) is 0 Å². The Morgan fingerprint density at radius 1 is 1.10 bits per heavy atom. The van der Waals surface area contributed by atoms with E-state index in [2.05, 4.69) is 15.2 Å². The number of aryl methyl sites for hydroxylation is 1. The van der Waals surface area contributed by atoms with Crippen molar-refractivity contribution in [3.05, 3.63) is 53.3 Å². The lowest BCUT2D eigenvalue weighted by Crippen LogP contribution is -2.42. The average Bonchev–Trinajstić information content (AvgIpc) is 2.72. The topological polar surface area (TPSA) is 45.2 Å². The standard InChI is InChI=1S/C23H26F3N3O/c1-15-12-17(8-10-27-15)22(30)28-20-13-19(23(24,25)26)6-7-21(20)29-11-9-16-4-2-3-5-18(16)14-29/h6-8,10,12-13,16,18H,2-5,9,11,14H2,1H3,(H,28,30). The molecule has 1 aromatic heterocycles. The second-order valence-corrected chi connectivity index (χ2v) is 8.41. The van der Waals surface area contributed by atoms with Gasteiger partial charge in [0.2, 0.25) is 0 Å². The number of carbonyl (C=O) groups excluding carboxylic acids is 1. The van der Waals surface area contributed by atoms with E-state index < -0.39 is 17.6 Å². The zero-order valence-corrected chi connectivity index (χ0v) is 17.0. The van der Waals surface area contributed by atoms with Crippen LogP contribution in [-0.2, 0) is 6.18 Å². The Hall–Kier alpha value is -2.57. The van der Waals surface area contributed by atoms with Gasteiger partial charge in [-0.3, -0.25) is 9.78 Å². The molecule has 1 amide bonds. The zero-order valence-electron chi connectivity index (χ0n) is 17.0. The van der Waals surface area contributed by atoms with Crippen LogP contribution >= 0.6 is 0 Å². The smallest absolute Gasteiger partial charge is 0.370 e. The molecule has 1 N–H and O–H groups in total. The molecular formula is C23H26F3N3O. The molecule has 1 saturated heterocycles. The van der Waals surface area contributed by atoms with Crippen LogP contribution in [0.5, 0.6) is 0 Å². The summed E-state index contributed by atoms with van der Waals surface area (Å²) in [4.78, 5) is 19.0. The predicted octanol–water partition coefficient (Wildman–Crippen LogP) is 5.68. The minimum Gasteiger partial charge on any atom is -0.370 e. The van der Waals surface area contributed by atoms with E-state index in [0.717, 1.165) is 31.6 Å². The number of anilines is 2. The first kappa shape index (κ1) is 20.7. The van der Waals surface area contributed by atoms with Gasteiger partial charge in [-0.25, -0.2) is 0 Å². The number of benzene rings is 1. The molecule has 7 heteroatoms. The SMILES string of the molecule is Cc1cc(C(=O)Nc2cc(C(F)(F)F)ccc2N2CCC3CCCCC3C2)ccn1. The maximum Gasteiger partial charge on any atom is 0.416 e. The first-order chi connectivity index (χ1) is 14.3. The van der Waals surface area contributed by atoms with E-state index in [1.807, 2.05) is 0 Å². The summed E-state index contributed by atoms with van der Waals surface area (Å²) in [5.41, 5.74) is 1.15. The third-order valence-electron chi connectivity index (χ3n) is 6.36. The van der Waals surface area contributed by atoms with Crippen LogP contribution in [0.25, 0.3) is 0 Å². The molecule has 2 unspecified atom stereocenters. The Morgan fingerprint density at radius 3 is 2.60 bits per heavy atom. The van der Waals surface area contributed by atoms with Crippen molar-refractivity contribution in [2.24, 2.45) is 11.8 Å². The number of amides is 1.